The van der Waals surface area contributed by atoms with E-state index in [0.29, 0.717) is 5.69 Å². The number of nitrogens with one attached hydrogen (secondary N) is 1. The van der Waals surface area contributed by atoms with E-state index in [4.69, 9.17) is 0 Å². The normalized spacial score (nSPS) is 16.9. The van der Waals surface area contributed by atoms with Gasteiger partial charge in [0.05, 0.1) is 12.6 Å². The Labute approximate surface area is 156 Å². The molecule has 4 rings (SSSR count). The van der Waals surface area contributed by atoms with Crippen LogP contribution in [0.15, 0.2) is 66.0 Å². The fourth-order valence-electron chi connectivity index (χ4n) is 3.52. The van der Waals surface area contributed by atoms with Gasteiger partial charge in [-0.15, -0.1) is 11.3 Å². The SMILES string of the molecule is O=C(CN1CCc2sccc2[C@H]1c1ccccc1)Nc1cccc(F)c1. The summed E-state index contributed by atoms with van der Waals surface area (Å²) < 4.78 is 13.3. The molecular formula is C21H19FN2OS. The first-order valence-corrected chi connectivity index (χ1v) is 9.49. The van der Waals surface area contributed by atoms with Crippen LogP contribution in [-0.2, 0) is 11.2 Å². The van der Waals surface area contributed by atoms with Gasteiger partial charge in [0.15, 0.2) is 0 Å². The fraction of sp³-hybridized carbons (Fsp3) is 0.190. The van der Waals surface area contributed by atoms with Crippen molar-refractivity contribution in [2.45, 2.75) is 12.5 Å². The van der Waals surface area contributed by atoms with Crippen LogP contribution >= 0.6 is 11.3 Å². The Bertz CT molecular complexity index is 909. The molecule has 0 saturated carbocycles. The van der Waals surface area contributed by atoms with E-state index >= 15 is 0 Å². The summed E-state index contributed by atoms with van der Waals surface area (Å²) >= 11 is 1.78. The highest BCUT2D eigenvalue weighted by atomic mass is 32.1. The number of nitrogens with zero attached hydrogens (tertiary/aromatic N) is 1. The maximum absolute atomic E-state index is 13.3. The summed E-state index contributed by atoms with van der Waals surface area (Å²) in [7, 11) is 0. The summed E-state index contributed by atoms with van der Waals surface area (Å²) in [6.07, 6.45) is 0.948. The fourth-order valence-corrected chi connectivity index (χ4v) is 4.42. The van der Waals surface area contributed by atoms with Gasteiger partial charge in [-0.05, 0) is 47.2 Å². The molecule has 5 heteroatoms. The predicted molar refractivity (Wildman–Crippen MR) is 103 cm³/mol. The van der Waals surface area contributed by atoms with Gasteiger partial charge >= 0.3 is 0 Å². The number of hydrogen-bond donors (Lipinski definition) is 1. The lowest BCUT2D eigenvalue weighted by Gasteiger charge is -2.35. The summed E-state index contributed by atoms with van der Waals surface area (Å²) in [5.41, 5.74) is 2.95. The Hall–Kier alpha value is -2.50. The Kier molecular flexibility index (Phi) is 4.82. The molecule has 0 saturated heterocycles. The summed E-state index contributed by atoms with van der Waals surface area (Å²) in [4.78, 5) is 16.1. The van der Waals surface area contributed by atoms with Crippen molar-refractivity contribution in [1.82, 2.24) is 4.90 Å². The monoisotopic (exact) mass is 366 g/mol. The first-order chi connectivity index (χ1) is 12.7. The number of halogens is 1. The minimum atomic E-state index is -0.356. The Morgan fingerprint density at radius 1 is 1.15 bits per heavy atom. The molecule has 1 atom stereocenters. The van der Waals surface area contributed by atoms with Crippen molar-refractivity contribution in [3.63, 3.8) is 0 Å². The first-order valence-electron chi connectivity index (χ1n) is 8.61. The zero-order valence-corrected chi connectivity index (χ0v) is 15.0. The van der Waals surface area contributed by atoms with Gasteiger partial charge in [0.2, 0.25) is 5.91 Å². The average Bonchev–Trinajstić information content (AvgIpc) is 3.11. The van der Waals surface area contributed by atoms with Crippen LogP contribution in [0.25, 0.3) is 0 Å². The predicted octanol–water partition coefficient (Wildman–Crippen LogP) is 4.47. The third-order valence-corrected chi connectivity index (χ3v) is 5.63. The third kappa shape index (κ3) is 3.54. The third-order valence-electron chi connectivity index (χ3n) is 4.64. The molecule has 3 aromatic rings. The number of benzene rings is 2. The minimum absolute atomic E-state index is 0.0736. The molecule has 2 aromatic carbocycles. The lowest BCUT2D eigenvalue weighted by atomic mass is 9.93. The number of rotatable bonds is 4. The molecule has 0 spiro atoms. The molecule has 1 amide bonds. The smallest absolute Gasteiger partial charge is 0.238 e. The Balaban J connectivity index is 1.56. The highest BCUT2D eigenvalue weighted by molar-refractivity contribution is 7.10. The maximum Gasteiger partial charge on any atom is 0.238 e. The second kappa shape index (κ2) is 7.40. The van der Waals surface area contributed by atoms with Crippen LogP contribution in [0, 0.1) is 5.82 Å². The van der Waals surface area contributed by atoms with Gasteiger partial charge in [-0.1, -0.05) is 36.4 Å². The number of hydrogen-bond acceptors (Lipinski definition) is 3. The van der Waals surface area contributed by atoms with Crippen molar-refractivity contribution in [3.8, 4) is 0 Å². The van der Waals surface area contributed by atoms with Crippen LogP contribution in [0.2, 0.25) is 0 Å². The van der Waals surface area contributed by atoms with E-state index in [1.807, 2.05) is 18.2 Å². The number of amides is 1. The Morgan fingerprint density at radius 3 is 2.81 bits per heavy atom. The molecule has 1 aliphatic rings. The topological polar surface area (TPSA) is 32.3 Å². The number of carbonyl (C=O) groups excluding carboxylic acids is 1. The summed E-state index contributed by atoms with van der Waals surface area (Å²) in [6.45, 7) is 1.09. The van der Waals surface area contributed by atoms with Crippen molar-refractivity contribution < 1.29 is 9.18 Å². The minimum Gasteiger partial charge on any atom is -0.325 e. The highest BCUT2D eigenvalue weighted by Crippen LogP contribution is 2.37. The molecule has 0 radical (unpaired) electrons. The molecule has 2 heterocycles. The average molecular weight is 366 g/mol. The lowest BCUT2D eigenvalue weighted by molar-refractivity contribution is -0.117. The Morgan fingerprint density at radius 2 is 2.00 bits per heavy atom. The van der Waals surface area contributed by atoms with Crippen molar-refractivity contribution >= 4 is 22.9 Å². The first kappa shape index (κ1) is 16.9. The van der Waals surface area contributed by atoms with Crippen molar-refractivity contribution in [2.75, 3.05) is 18.4 Å². The summed E-state index contributed by atoms with van der Waals surface area (Å²) in [5, 5.41) is 4.92. The van der Waals surface area contributed by atoms with E-state index in [2.05, 4.69) is 33.8 Å². The van der Waals surface area contributed by atoms with Gasteiger partial charge < -0.3 is 5.32 Å². The van der Waals surface area contributed by atoms with Gasteiger partial charge in [0.25, 0.3) is 0 Å². The van der Waals surface area contributed by atoms with Crippen LogP contribution in [0.3, 0.4) is 0 Å². The number of carbonyl (C=O) groups is 1. The molecule has 0 unspecified atom stereocenters. The summed E-state index contributed by atoms with van der Waals surface area (Å²) in [5.74, 6) is -0.485. The second-order valence-electron chi connectivity index (χ2n) is 6.39. The van der Waals surface area contributed by atoms with E-state index in [-0.39, 0.29) is 24.3 Å². The van der Waals surface area contributed by atoms with Crippen LogP contribution in [-0.4, -0.2) is 23.9 Å². The van der Waals surface area contributed by atoms with Crippen LogP contribution in [0.1, 0.15) is 22.0 Å². The lowest BCUT2D eigenvalue weighted by Crippen LogP contribution is -2.40. The van der Waals surface area contributed by atoms with Gasteiger partial charge in [-0.2, -0.15) is 0 Å². The van der Waals surface area contributed by atoms with E-state index in [1.54, 1.807) is 23.5 Å². The van der Waals surface area contributed by atoms with Crippen molar-refractivity contribution in [2.24, 2.45) is 0 Å². The molecule has 0 aliphatic carbocycles. The van der Waals surface area contributed by atoms with Crippen LogP contribution in [0.5, 0.6) is 0 Å². The van der Waals surface area contributed by atoms with E-state index in [9.17, 15) is 9.18 Å². The molecule has 1 aromatic heterocycles. The van der Waals surface area contributed by atoms with E-state index in [1.165, 1.54) is 28.1 Å². The largest absolute Gasteiger partial charge is 0.325 e. The van der Waals surface area contributed by atoms with Crippen LogP contribution in [0.4, 0.5) is 10.1 Å². The molecule has 0 fully saturated rings. The van der Waals surface area contributed by atoms with Crippen molar-refractivity contribution in [1.29, 1.82) is 0 Å². The van der Waals surface area contributed by atoms with Gasteiger partial charge in [0.1, 0.15) is 5.82 Å². The van der Waals surface area contributed by atoms with Gasteiger partial charge in [-0.3, -0.25) is 9.69 Å². The van der Waals surface area contributed by atoms with Crippen LogP contribution < -0.4 is 5.32 Å². The number of fused-ring (bicyclic) bond motifs is 1. The molecule has 3 nitrogen and oxygen atoms in total. The quantitative estimate of drug-likeness (QED) is 0.739. The number of anilines is 1. The molecule has 26 heavy (non-hydrogen) atoms. The summed E-state index contributed by atoms with van der Waals surface area (Å²) in [6, 6.07) is 18.5. The zero-order valence-electron chi connectivity index (χ0n) is 14.2. The molecule has 1 N–H and O–H groups in total. The highest BCUT2D eigenvalue weighted by Gasteiger charge is 2.30. The van der Waals surface area contributed by atoms with Gasteiger partial charge in [0, 0.05) is 17.1 Å². The molecule has 132 valence electrons. The number of thiophene rings is 1. The second-order valence-corrected chi connectivity index (χ2v) is 7.39. The van der Waals surface area contributed by atoms with E-state index in [0.717, 1.165) is 13.0 Å². The zero-order chi connectivity index (χ0) is 17.9. The maximum atomic E-state index is 13.3. The molecule has 1 aliphatic heterocycles. The van der Waals surface area contributed by atoms with Gasteiger partial charge in [-0.25, -0.2) is 4.39 Å². The molecular weight excluding hydrogens is 347 g/mol. The van der Waals surface area contributed by atoms with Crippen molar-refractivity contribution in [3.05, 3.63) is 87.9 Å². The molecule has 0 bridgehead atoms. The standard InChI is InChI=1S/C21H19FN2OS/c22-16-7-4-8-17(13-16)23-20(25)14-24-11-9-19-18(10-12-26-19)21(24)15-5-2-1-3-6-15/h1-8,10,12-13,21H,9,11,14H2,(H,23,25)/t21-/m1/s1. The van der Waals surface area contributed by atoms with E-state index < -0.39 is 0 Å².